The number of anilines is 2. The molecule has 2 amide bonds. The lowest BCUT2D eigenvalue weighted by Gasteiger charge is -2.15. The lowest BCUT2D eigenvalue weighted by Crippen LogP contribution is -2.33. The highest BCUT2D eigenvalue weighted by Gasteiger charge is 2.40. The topological polar surface area (TPSA) is 86.7 Å². The van der Waals surface area contributed by atoms with Gasteiger partial charge >= 0.3 is 5.97 Å². The molecule has 0 saturated heterocycles. The molecule has 0 atom stereocenters. The predicted octanol–water partition coefficient (Wildman–Crippen LogP) is 2.96. The van der Waals surface area contributed by atoms with E-state index in [9.17, 15) is 18.8 Å². The summed E-state index contributed by atoms with van der Waals surface area (Å²) in [5, 5.41) is 11.2. The minimum absolute atomic E-state index is 0.00976. The molecule has 1 heterocycles. The van der Waals surface area contributed by atoms with Crippen LogP contribution in [-0.2, 0) is 9.59 Å². The number of nitrogens with zero attached hydrogens (tertiary/aromatic N) is 1. The summed E-state index contributed by atoms with van der Waals surface area (Å²) in [4.78, 5) is 36.4. The number of para-hydroxylation sites is 1. The lowest BCUT2D eigenvalue weighted by atomic mass is 10.2. The zero-order valence-corrected chi connectivity index (χ0v) is 13.2. The van der Waals surface area contributed by atoms with Crippen molar-refractivity contribution in [2.45, 2.75) is 0 Å². The Kier molecular flexibility index (Phi) is 4.24. The second-order valence-electron chi connectivity index (χ2n) is 5.10. The highest BCUT2D eigenvalue weighted by atomic mass is 35.5. The first-order chi connectivity index (χ1) is 11.9. The van der Waals surface area contributed by atoms with E-state index in [1.807, 2.05) is 0 Å². The second-order valence-corrected chi connectivity index (χ2v) is 5.48. The molecule has 0 spiro atoms. The Hall–Kier alpha value is -3.19. The minimum Gasteiger partial charge on any atom is -0.478 e. The number of nitrogens with one attached hydrogen (secondary N) is 1. The third kappa shape index (κ3) is 2.97. The number of imide groups is 1. The number of carbonyl (C=O) groups excluding carboxylic acids is 2. The summed E-state index contributed by atoms with van der Waals surface area (Å²) in [7, 11) is 0. The number of aromatic carboxylic acids is 1. The number of carbonyl (C=O) groups is 3. The lowest BCUT2D eigenvalue weighted by molar-refractivity contribution is -0.120. The van der Waals surface area contributed by atoms with Crippen LogP contribution in [0.25, 0.3) is 0 Å². The van der Waals surface area contributed by atoms with Gasteiger partial charge in [0.2, 0.25) is 0 Å². The van der Waals surface area contributed by atoms with Crippen LogP contribution in [0.1, 0.15) is 10.4 Å². The Balaban J connectivity index is 1.94. The molecule has 1 aliphatic rings. The van der Waals surface area contributed by atoms with E-state index in [1.54, 1.807) is 0 Å². The average Bonchev–Trinajstić information content (AvgIpc) is 2.80. The monoisotopic (exact) mass is 360 g/mol. The zero-order valence-electron chi connectivity index (χ0n) is 12.5. The SMILES string of the molecule is O=C(O)c1cccc(NC2=C(Cl)C(=O)N(c3ccccc3F)C2=O)c1. The molecule has 0 bridgehead atoms. The van der Waals surface area contributed by atoms with E-state index in [1.165, 1.54) is 42.5 Å². The van der Waals surface area contributed by atoms with Crippen molar-refractivity contribution in [2.75, 3.05) is 10.2 Å². The van der Waals surface area contributed by atoms with E-state index < -0.39 is 28.6 Å². The van der Waals surface area contributed by atoms with Crippen LogP contribution in [0.5, 0.6) is 0 Å². The van der Waals surface area contributed by atoms with E-state index in [-0.39, 0.29) is 22.6 Å². The van der Waals surface area contributed by atoms with Gasteiger partial charge in [0.1, 0.15) is 16.5 Å². The molecule has 0 saturated carbocycles. The Morgan fingerprint density at radius 3 is 2.48 bits per heavy atom. The fourth-order valence-electron chi connectivity index (χ4n) is 2.34. The van der Waals surface area contributed by atoms with E-state index in [0.717, 1.165) is 6.07 Å². The van der Waals surface area contributed by atoms with Gasteiger partial charge in [-0.25, -0.2) is 14.1 Å². The maximum absolute atomic E-state index is 13.9. The molecule has 2 aromatic carbocycles. The van der Waals surface area contributed by atoms with Gasteiger partial charge in [-0.3, -0.25) is 9.59 Å². The van der Waals surface area contributed by atoms with Gasteiger partial charge in [0, 0.05) is 5.69 Å². The molecule has 25 heavy (non-hydrogen) atoms. The first-order valence-corrected chi connectivity index (χ1v) is 7.41. The molecule has 8 heteroatoms. The van der Waals surface area contributed by atoms with Crippen molar-refractivity contribution in [1.82, 2.24) is 0 Å². The van der Waals surface area contributed by atoms with Gasteiger partial charge in [-0.05, 0) is 30.3 Å². The molecule has 0 aliphatic carbocycles. The molecule has 3 rings (SSSR count). The fraction of sp³-hybridized carbons (Fsp3) is 0. The number of amides is 2. The van der Waals surface area contributed by atoms with Crippen molar-refractivity contribution in [1.29, 1.82) is 0 Å². The smallest absolute Gasteiger partial charge is 0.335 e. The van der Waals surface area contributed by atoms with Crippen molar-refractivity contribution in [3.8, 4) is 0 Å². The second kappa shape index (κ2) is 6.37. The summed E-state index contributed by atoms with van der Waals surface area (Å²) in [5.41, 5.74) is -0.224. The quantitative estimate of drug-likeness (QED) is 0.819. The number of benzene rings is 2. The average molecular weight is 361 g/mol. The van der Waals surface area contributed by atoms with Gasteiger partial charge < -0.3 is 10.4 Å². The van der Waals surface area contributed by atoms with Gasteiger partial charge in [-0.1, -0.05) is 29.8 Å². The molecule has 1 aliphatic heterocycles. The third-order valence-electron chi connectivity index (χ3n) is 3.50. The van der Waals surface area contributed by atoms with E-state index >= 15 is 0 Å². The van der Waals surface area contributed by atoms with Crippen molar-refractivity contribution in [3.63, 3.8) is 0 Å². The highest BCUT2D eigenvalue weighted by molar-refractivity contribution is 6.53. The number of carboxylic acid groups (broad SMARTS) is 1. The van der Waals surface area contributed by atoms with Crippen molar-refractivity contribution >= 4 is 40.8 Å². The Morgan fingerprint density at radius 1 is 1.08 bits per heavy atom. The van der Waals surface area contributed by atoms with Gasteiger partial charge in [0.05, 0.1) is 11.3 Å². The molecular weight excluding hydrogens is 351 g/mol. The number of rotatable bonds is 4. The first-order valence-electron chi connectivity index (χ1n) is 7.03. The molecule has 2 aromatic rings. The van der Waals surface area contributed by atoms with E-state index in [2.05, 4.69) is 5.32 Å². The Bertz CT molecular complexity index is 942. The standard InChI is InChI=1S/C17H10ClFN2O4/c18-13-14(20-10-5-3-4-9(8-10)17(24)25)16(23)21(15(13)22)12-7-2-1-6-11(12)19/h1-8,20H,(H,24,25). The van der Waals surface area contributed by atoms with Crippen LogP contribution in [-0.4, -0.2) is 22.9 Å². The summed E-state index contributed by atoms with van der Waals surface area (Å²) in [6.45, 7) is 0. The summed E-state index contributed by atoms with van der Waals surface area (Å²) in [6.07, 6.45) is 0. The van der Waals surface area contributed by atoms with Gasteiger partial charge in [-0.15, -0.1) is 0 Å². The molecule has 126 valence electrons. The molecule has 0 unspecified atom stereocenters. The summed E-state index contributed by atoms with van der Waals surface area (Å²) in [6, 6.07) is 10.9. The van der Waals surface area contributed by atoms with E-state index in [4.69, 9.17) is 16.7 Å². The van der Waals surface area contributed by atoms with Gasteiger partial charge in [0.15, 0.2) is 0 Å². The minimum atomic E-state index is -1.15. The fourth-order valence-corrected chi connectivity index (χ4v) is 2.55. The molecule has 2 N–H and O–H groups in total. The molecular formula is C17H10ClFN2O4. The van der Waals surface area contributed by atoms with Crippen molar-refractivity contribution in [2.24, 2.45) is 0 Å². The number of hydrogen-bond acceptors (Lipinski definition) is 4. The molecule has 0 aromatic heterocycles. The van der Waals surface area contributed by atoms with Crippen molar-refractivity contribution < 1.29 is 23.9 Å². The van der Waals surface area contributed by atoms with Gasteiger partial charge in [-0.2, -0.15) is 0 Å². The number of carboxylic acids is 1. The van der Waals surface area contributed by atoms with E-state index in [0.29, 0.717) is 4.90 Å². The molecule has 0 fully saturated rings. The summed E-state index contributed by atoms with van der Waals surface area (Å²) < 4.78 is 13.9. The Morgan fingerprint density at radius 2 is 1.80 bits per heavy atom. The van der Waals surface area contributed by atoms with Crippen LogP contribution < -0.4 is 10.2 Å². The first kappa shape index (κ1) is 16.7. The summed E-state index contributed by atoms with van der Waals surface area (Å²) >= 11 is 5.94. The third-order valence-corrected chi connectivity index (χ3v) is 3.85. The van der Waals surface area contributed by atoms with Gasteiger partial charge in [0.25, 0.3) is 11.8 Å². The zero-order chi connectivity index (χ0) is 18.1. The van der Waals surface area contributed by atoms with Crippen LogP contribution in [0.2, 0.25) is 0 Å². The van der Waals surface area contributed by atoms with Crippen LogP contribution >= 0.6 is 11.6 Å². The largest absolute Gasteiger partial charge is 0.478 e. The van der Waals surface area contributed by atoms with Crippen LogP contribution in [0.15, 0.2) is 59.3 Å². The van der Waals surface area contributed by atoms with Crippen LogP contribution in [0.4, 0.5) is 15.8 Å². The molecule has 0 radical (unpaired) electrons. The highest BCUT2D eigenvalue weighted by Crippen LogP contribution is 2.31. The number of halogens is 2. The summed E-state index contributed by atoms with van der Waals surface area (Å²) in [5.74, 6) is -3.59. The van der Waals surface area contributed by atoms with Crippen LogP contribution in [0, 0.1) is 5.82 Å². The maximum atomic E-state index is 13.9. The van der Waals surface area contributed by atoms with Crippen molar-refractivity contribution in [3.05, 3.63) is 70.6 Å². The normalized spacial score (nSPS) is 14.2. The maximum Gasteiger partial charge on any atom is 0.335 e. The van der Waals surface area contributed by atoms with Crippen LogP contribution in [0.3, 0.4) is 0 Å². The molecule has 6 nitrogen and oxygen atoms in total. The number of hydrogen-bond donors (Lipinski definition) is 2. The predicted molar refractivity (Wildman–Crippen MR) is 88.8 cm³/mol. The Labute approximate surface area is 146 Å².